The molecule has 0 bridgehead atoms. The summed E-state index contributed by atoms with van der Waals surface area (Å²) in [6.07, 6.45) is 9.27. The molecule has 0 amide bonds. The second kappa shape index (κ2) is 12.3. The number of benzene rings is 4. The van der Waals surface area contributed by atoms with E-state index in [4.69, 9.17) is 17.0 Å². The van der Waals surface area contributed by atoms with Gasteiger partial charge in [-0.3, -0.25) is 0 Å². The minimum atomic E-state index is -4.80. The number of allylic oxidation sites excluding steroid dienone is 2. The van der Waals surface area contributed by atoms with Gasteiger partial charge >= 0.3 is 276 Å². The van der Waals surface area contributed by atoms with Crippen LogP contribution in [0.2, 0.25) is 13.1 Å². The van der Waals surface area contributed by atoms with Gasteiger partial charge in [0, 0.05) is 0 Å². The molecule has 0 saturated heterocycles. The summed E-state index contributed by atoms with van der Waals surface area (Å²) < 4.78 is 0.254. The zero-order valence-electron chi connectivity index (χ0n) is 27.1. The average molecular weight is 716 g/mol. The van der Waals surface area contributed by atoms with Gasteiger partial charge in [-0.05, 0) is 0 Å². The number of hydrogen-bond acceptors (Lipinski definition) is 0. The molecule has 6 rings (SSSR count). The van der Waals surface area contributed by atoms with Crippen LogP contribution in [0.3, 0.4) is 0 Å². The molecule has 44 heavy (non-hydrogen) atoms. The van der Waals surface area contributed by atoms with Crippen molar-refractivity contribution in [2.75, 3.05) is 0 Å². The first-order chi connectivity index (χ1) is 21.1. The molecular weight excluding hydrogens is 671 g/mol. The quantitative estimate of drug-likeness (QED) is 0.151. The van der Waals surface area contributed by atoms with Crippen molar-refractivity contribution in [2.24, 2.45) is 0 Å². The first-order valence-corrected chi connectivity index (χ1v) is 32.8. The third-order valence-corrected chi connectivity index (χ3v) is 62.3. The zero-order valence-corrected chi connectivity index (χ0v) is 32.2. The monoisotopic (exact) mass is 713 g/mol. The van der Waals surface area contributed by atoms with Crippen molar-refractivity contribution < 1.29 is 15.6 Å². The standard InChI is InChI=1S/2C19H19.C2H7Si.2ClH.Zr/c2*1-3-7-15-12-17-11-10-14(2)19(18(17)13-15)16-8-5-4-6-9-16;1-3-2;;;/h2*4-6,8-13H,3,7H2,1-2H3;3H,1-2H3;2*1H;/q;;;;;+2/p-2. The first kappa shape index (κ1) is 32.0. The van der Waals surface area contributed by atoms with Gasteiger partial charge in [0.2, 0.25) is 0 Å². The van der Waals surface area contributed by atoms with Crippen molar-refractivity contribution in [3.05, 3.63) is 129 Å². The van der Waals surface area contributed by atoms with Crippen LogP contribution in [-0.2, 0) is 15.6 Å². The van der Waals surface area contributed by atoms with E-state index in [0.717, 1.165) is 25.7 Å². The van der Waals surface area contributed by atoms with E-state index in [-0.39, 0.29) is 7.25 Å². The molecule has 4 heteroatoms. The summed E-state index contributed by atoms with van der Waals surface area (Å²) in [5.41, 5.74) is 16.3. The summed E-state index contributed by atoms with van der Waals surface area (Å²) >= 11 is -4.80. The molecule has 0 aliphatic heterocycles. The van der Waals surface area contributed by atoms with E-state index < -0.39 is 21.5 Å². The van der Waals surface area contributed by atoms with Crippen LogP contribution in [0, 0.1) is 13.8 Å². The molecule has 4 aromatic carbocycles. The molecule has 0 N–H and O–H groups in total. The predicted octanol–water partition coefficient (Wildman–Crippen LogP) is 12.8. The molecule has 0 radical (unpaired) electrons. The summed E-state index contributed by atoms with van der Waals surface area (Å²) in [5, 5.41) is 0. The molecule has 227 valence electrons. The average Bonchev–Trinajstić information content (AvgIpc) is 3.57. The van der Waals surface area contributed by atoms with Crippen molar-refractivity contribution in [1.29, 1.82) is 0 Å². The Morgan fingerprint density at radius 2 is 0.977 bits per heavy atom. The molecule has 0 heterocycles. The van der Waals surface area contributed by atoms with Crippen LogP contribution < -0.4 is 0 Å². The van der Waals surface area contributed by atoms with Crippen LogP contribution in [-0.4, -0.2) is 5.92 Å². The number of fused-ring (bicyclic) bond motifs is 2. The number of aryl methyl sites for hydroxylation is 2. The number of rotatable bonds is 9. The molecule has 2 aliphatic rings. The topological polar surface area (TPSA) is 0 Å². The second-order valence-electron chi connectivity index (χ2n) is 13.4. The first-order valence-electron chi connectivity index (χ1n) is 16.5. The summed E-state index contributed by atoms with van der Waals surface area (Å²) in [6, 6.07) is 31.2. The molecular formula is C40H45Cl2SiZr. The van der Waals surface area contributed by atoms with Crippen molar-refractivity contribution in [2.45, 2.75) is 73.7 Å². The van der Waals surface area contributed by atoms with Crippen LogP contribution >= 0.6 is 17.0 Å². The van der Waals surface area contributed by atoms with E-state index in [9.17, 15) is 0 Å². The number of hydrogen-bond donors (Lipinski definition) is 0. The van der Waals surface area contributed by atoms with Crippen LogP contribution in [0.4, 0.5) is 0 Å². The third-order valence-electron chi connectivity index (χ3n) is 10.4. The Kier molecular flexibility index (Phi) is 8.97. The fourth-order valence-electron chi connectivity index (χ4n) is 8.36. The minimum absolute atomic E-state index is 0.127. The van der Waals surface area contributed by atoms with Gasteiger partial charge < -0.3 is 0 Å². The molecule has 0 spiro atoms. The SMILES string of the molecule is CCCC1=Cc2c(ccc(C)c2-c2ccccc2)[CH]1[Zr]([Cl])([Cl])([CH]1C(CCC)=Cc2c1ccc(C)c2-c1ccccc1)[SiH](C)C. The maximum absolute atomic E-state index is 8.69. The summed E-state index contributed by atoms with van der Waals surface area (Å²) in [5.74, 6) is -1.61. The van der Waals surface area contributed by atoms with Gasteiger partial charge in [0.25, 0.3) is 0 Å². The molecule has 0 aromatic heterocycles. The normalized spacial score (nSPS) is 18.4. The van der Waals surface area contributed by atoms with E-state index in [1.165, 1.54) is 66.8 Å². The van der Waals surface area contributed by atoms with Gasteiger partial charge in [-0.2, -0.15) is 0 Å². The van der Waals surface area contributed by atoms with E-state index in [0.29, 0.717) is 0 Å². The van der Waals surface area contributed by atoms with Crippen LogP contribution in [0.25, 0.3) is 34.4 Å². The number of halogens is 2. The molecule has 2 unspecified atom stereocenters. The van der Waals surface area contributed by atoms with Gasteiger partial charge in [0.15, 0.2) is 0 Å². The van der Waals surface area contributed by atoms with Crippen LogP contribution in [0.5, 0.6) is 0 Å². The molecule has 2 atom stereocenters. The Labute approximate surface area is 274 Å². The maximum atomic E-state index is 8.69. The van der Waals surface area contributed by atoms with Crippen molar-refractivity contribution in [1.82, 2.24) is 0 Å². The van der Waals surface area contributed by atoms with E-state index >= 15 is 0 Å². The molecule has 0 fully saturated rings. The van der Waals surface area contributed by atoms with E-state index in [1.54, 1.807) is 0 Å². The third kappa shape index (κ3) is 5.04. The Morgan fingerprint density at radius 1 is 0.591 bits per heavy atom. The van der Waals surface area contributed by atoms with Crippen LogP contribution in [0.1, 0.15) is 80.2 Å². The Bertz CT molecular complexity index is 1640. The summed E-state index contributed by atoms with van der Waals surface area (Å²) in [4.78, 5) is 0. The molecule has 2 aliphatic carbocycles. The molecule has 0 nitrogen and oxygen atoms in total. The zero-order chi connectivity index (χ0) is 31.2. The van der Waals surface area contributed by atoms with Crippen molar-refractivity contribution in [3.63, 3.8) is 0 Å². The summed E-state index contributed by atoms with van der Waals surface area (Å²) in [6.45, 7) is 14.0. The van der Waals surface area contributed by atoms with Gasteiger partial charge in [0.05, 0.1) is 0 Å². The predicted molar refractivity (Wildman–Crippen MR) is 195 cm³/mol. The molecule has 0 saturated carbocycles. The van der Waals surface area contributed by atoms with Gasteiger partial charge in [0.1, 0.15) is 0 Å². The Morgan fingerprint density at radius 3 is 1.32 bits per heavy atom. The Balaban J connectivity index is 1.63. The fraction of sp³-hybridized carbons (Fsp3) is 0.300. The van der Waals surface area contributed by atoms with Gasteiger partial charge in [-0.1, -0.05) is 0 Å². The van der Waals surface area contributed by atoms with E-state index in [2.05, 4.69) is 138 Å². The van der Waals surface area contributed by atoms with E-state index in [1.807, 2.05) is 0 Å². The summed E-state index contributed by atoms with van der Waals surface area (Å²) in [7, 11) is 17.4. The van der Waals surface area contributed by atoms with Gasteiger partial charge in [-0.25, -0.2) is 0 Å². The second-order valence-corrected chi connectivity index (χ2v) is 55.9. The van der Waals surface area contributed by atoms with Crippen molar-refractivity contribution in [3.8, 4) is 22.3 Å². The van der Waals surface area contributed by atoms with Gasteiger partial charge in [-0.15, -0.1) is 0 Å². The fourth-order valence-corrected chi connectivity index (χ4v) is 39.9. The Hall–Kier alpha value is -1.96. The molecule has 4 aromatic rings. The van der Waals surface area contributed by atoms with Crippen molar-refractivity contribution >= 4 is 35.1 Å². The van der Waals surface area contributed by atoms with Crippen LogP contribution in [0.15, 0.2) is 96.1 Å².